The molecule has 0 N–H and O–H groups in total. The van der Waals surface area contributed by atoms with Crippen LogP contribution < -0.4 is 0 Å². The summed E-state index contributed by atoms with van der Waals surface area (Å²) in [6, 6.07) is 18.6. The molecule has 0 amide bonds. The Balaban J connectivity index is 0.000000259. The third-order valence-electron chi connectivity index (χ3n) is 4.68. The minimum atomic E-state index is -2.26. The smallest absolute Gasteiger partial charge is 0.338 e. The molecular weight excluding hydrogens is 541 g/mol. The van der Waals surface area contributed by atoms with Crippen LogP contribution in [0.3, 0.4) is 0 Å². The maximum atomic E-state index is 11.6. The third kappa shape index (κ3) is 11.5. The Morgan fingerprint density at radius 1 is 0.556 bits per heavy atom. The van der Waals surface area contributed by atoms with Crippen LogP contribution in [0.5, 0.6) is 0 Å². The molecule has 0 aromatic heterocycles. The summed E-state index contributed by atoms with van der Waals surface area (Å²) in [4.78, 5) is 11.6. The van der Waals surface area contributed by atoms with Crippen LogP contribution in [0, 0.1) is 0 Å². The first-order valence-corrected chi connectivity index (χ1v) is 26.2. The fourth-order valence-electron chi connectivity index (χ4n) is 4.44. The average Bonchev–Trinajstić information content (AvgIpc) is 2.68. The topological polar surface area (TPSA) is 72.5 Å². The molecule has 0 unspecified atom stereocenters. The standard InChI is InChI=1S/C14H12O2.C10H30O5Si5/c15-14(13-9-5-2-6-10-13)16-11-12-7-3-1-4-8-12;1-16(2)11-17(3,4)13-19(7,8)15-20(9,10)14-18(5,6)12-16/h1-10H,11H2;1-10H3. The molecule has 0 radical (unpaired) electrons. The van der Waals surface area contributed by atoms with E-state index in [2.05, 4.69) is 65.5 Å². The minimum absolute atomic E-state index is 0.288. The zero-order valence-corrected chi connectivity index (χ0v) is 28.3. The van der Waals surface area contributed by atoms with Crippen molar-refractivity contribution in [2.75, 3.05) is 0 Å². The molecule has 0 atom stereocenters. The molecule has 1 fully saturated rings. The SMILES string of the molecule is C[Si]1(C)O[Si](C)(C)O[Si](C)(C)O[Si](C)(C)O[Si](C)(C)O1.O=C(OCc1ccccc1)c1ccccc1. The Bertz CT molecular complexity index is 882. The molecule has 200 valence electrons. The summed E-state index contributed by atoms with van der Waals surface area (Å²) in [5.74, 6) is -0.288. The lowest BCUT2D eigenvalue weighted by Gasteiger charge is -2.46. The predicted molar refractivity (Wildman–Crippen MR) is 155 cm³/mol. The summed E-state index contributed by atoms with van der Waals surface area (Å²) in [5, 5.41) is 0. The van der Waals surface area contributed by atoms with Gasteiger partial charge in [0.15, 0.2) is 0 Å². The van der Waals surface area contributed by atoms with Crippen molar-refractivity contribution in [3.05, 3.63) is 71.8 Å². The van der Waals surface area contributed by atoms with Crippen molar-refractivity contribution in [2.45, 2.75) is 72.1 Å². The second kappa shape index (κ2) is 12.1. The first-order valence-electron chi connectivity index (χ1n) is 12.2. The van der Waals surface area contributed by atoms with Crippen molar-refractivity contribution < 1.29 is 30.1 Å². The van der Waals surface area contributed by atoms with Crippen LogP contribution in [-0.2, 0) is 31.9 Å². The lowest BCUT2D eigenvalue weighted by molar-refractivity contribution is 0.0472. The van der Waals surface area contributed by atoms with Crippen LogP contribution in [-0.4, -0.2) is 48.8 Å². The lowest BCUT2D eigenvalue weighted by atomic mass is 10.2. The van der Waals surface area contributed by atoms with E-state index < -0.39 is 42.8 Å². The summed E-state index contributed by atoms with van der Waals surface area (Å²) in [6.45, 7) is 21.1. The number of ether oxygens (including phenoxy) is 1. The third-order valence-corrected chi connectivity index (χ3v) is 24.3. The number of benzene rings is 2. The molecule has 0 saturated carbocycles. The van der Waals surface area contributed by atoms with Crippen LogP contribution in [0.25, 0.3) is 0 Å². The van der Waals surface area contributed by atoms with Crippen LogP contribution in [0.4, 0.5) is 0 Å². The van der Waals surface area contributed by atoms with Crippen molar-refractivity contribution in [3.63, 3.8) is 0 Å². The number of rotatable bonds is 3. The normalized spacial score (nSPS) is 21.8. The number of carbonyl (C=O) groups is 1. The maximum Gasteiger partial charge on any atom is 0.338 e. The summed E-state index contributed by atoms with van der Waals surface area (Å²) in [5.41, 5.74) is 1.57. The average molecular weight is 583 g/mol. The van der Waals surface area contributed by atoms with Gasteiger partial charge in [-0.05, 0) is 83.2 Å². The molecule has 36 heavy (non-hydrogen) atoms. The highest BCUT2D eigenvalue weighted by Gasteiger charge is 2.50. The van der Waals surface area contributed by atoms with Gasteiger partial charge in [-0.25, -0.2) is 4.79 Å². The van der Waals surface area contributed by atoms with Gasteiger partial charge in [0, 0.05) is 0 Å². The minimum Gasteiger partial charge on any atom is -0.457 e. The van der Waals surface area contributed by atoms with Crippen molar-refractivity contribution in [1.29, 1.82) is 0 Å². The highest BCUT2D eigenvalue weighted by molar-refractivity contribution is 6.92. The Morgan fingerprint density at radius 3 is 1.19 bits per heavy atom. The van der Waals surface area contributed by atoms with Crippen LogP contribution in [0.2, 0.25) is 65.5 Å². The van der Waals surface area contributed by atoms with Gasteiger partial charge in [-0.15, -0.1) is 0 Å². The molecule has 12 heteroatoms. The Kier molecular flexibility index (Phi) is 10.4. The van der Waals surface area contributed by atoms with Gasteiger partial charge < -0.3 is 25.3 Å². The zero-order valence-electron chi connectivity index (χ0n) is 23.3. The van der Waals surface area contributed by atoms with Crippen LogP contribution in [0.15, 0.2) is 60.7 Å². The Morgan fingerprint density at radius 2 is 0.861 bits per heavy atom. The molecule has 2 aromatic rings. The molecule has 0 spiro atoms. The number of esters is 1. The quantitative estimate of drug-likeness (QED) is 0.297. The number of hydrogen-bond donors (Lipinski definition) is 0. The van der Waals surface area contributed by atoms with Gasteiger partial charge in [-0.1, -0.05) is 48.5 Å². The lowest BCUT2D eigenvalue weighted by Crippen LogP contribution is -2.64. The molecule has 1 aliphatic heterocycles. The molecule has 3 rings (SSSR count). The highest BCUT2D eigenvalue weighted by Crippen LogP contribution is 2.30. The first-order chi connectivity index (χ1) is 16.4. The molecular formula is C24H42O7Si5. The van der Waals surface area contributed by atoms with Gasteiger partial charge in [0.25, 0.3) is 0 Å². The van der Waals surface area contributed by atoms with E-state index in [-0.39, 0.29) is 5.97 Å². The Labute approximate surface area is 222 Å². The highest BCUT2D eigenvalue weighted by atomic mass is 28.5. The van der Waals surface area contributed by atoms with Crippen LogP contribution in [0.1, 0.15) is 15.9 Å². The zero-order chi connectivity index (χ0) is 27.3. The van der Waals surface area contributed by atoms with Crippen molar-refractivity contribution in [3.8, 4) is 0 Å². The van der Waals surface area contributed by atoms with E-state index in [4.69, 9.17) is 25.3 Å². The van der Waals surface area contributed by atoms with E-state index in [1.54, 1.807) is 12.1 Å². The molecule has 2 aromatic carbocycles. The van der Waals surface area contributed by atoms with Crippen LogP contribution >= 0.6 is 0 Å². The van der Waals surface area contributed by atoms with Gasteiger partial charge in [-0.3, -0.25) is 0 Å². The maximum absolute atomic E-state index is 11.6. The molecule has 1 heterocycles. The van der Waals surface area contributed by atoms with E-state index in [1.165, 1.54) is 0 Å². The summed E-state index contributed by atoms with van der Waals surface area (Å²) in [7, 11) is -11.3. The molecule has 0 aliphatic carbocycles. The molecule has 1 aliphatic rings. The summed E-state index contributed by atoms with van der Waals surface area (Å²) < 4.78 is 36.7. The van der Waals surface area contributed by atoms with E-state index in [9.17, 15) is 4.79 Å². The fourth-order valence-corrected chi connectivity index (χ4v) is 30.8. The Hall–Kier alpha value is -1.21. The molecule has 0 bridgehead atoms. The second-order valence-corrected chi connectivity index (χ2v) is 29.0. The predicted octanol–water partition coefficient (Wildman–Crippen LogP) is 6.64. The van der Waals surface area contributed by atoms with Crippen molar-refractivity contribution >= 4 is 48.8 Å². The van der Waals surface area contributed by atoms with Gasteiger partial charge >= 0.3 is 48.8 Å². The number of carbonyl (C=O) groups excluding carboxylic acids is 1. The molecule has 1 saturated heterocycles. The first kappa shape index (κ1) is 31.0. The van der Waals surface area contributed by atoms with Gasteiger partial charge in [0.1, 0.15) is 6.61 Å². The van der Waals surface area contributed by atoms with E-state index >= 15 is 0 Å². The van der Waals surface area contributed by atoms with E-state index in [0.29, 0.717) is 12.2 Å². The van der Waals surface area contributed by atoms with Gasteiger partial charge in [0.2, 0.25) is 0 Å². The number of hydrogen-bond acceptors (Lipinski definition) is 7. The van der Waals surface area contributed by atoms with E-state index in [1.807, 2.05) is 48.5 Å². The van der Waals surface area contributed by atoms with Gasteiger partial charge in [0.05, 0.1) is 5.56 Å². The summed E-state index contributed by atoms with van der Waals surface area (Å²) >= 11 is 0. The molecule has 7 nitrogen and oxygen atoms in total. The van der Waals surface area contributed by atoms with Crippen molar-refractivity contribution in [1.82, 2.24) is 0 Å². The fraction of sp³-hybridized carbons (Fsp3) is 0.458. The largest absolute Gasteiger partial charge is 0.457 e. The second-order valence-electron chi connectivity index (χ2n) is 10.9. The van der Waals surface area contributed by atoms with E-state index in [0.717, 1.165) is 5.56 Å². The van der Waals surface area contributed by atoms with Crippen molar-refractivity contribution in [2.24, 2.45) is 0 Å². The monoisotopic (exact) mass is 582 g/mol. The van der Waals surface area contributed by atoms with Gasteiger partial charge in [-0.2, -0.15) is 0 Å². The summed E-state index contributed by atoms with van der Waals surface area (Å²) in [6.07, 6.45) is 0.